The van der Waals surface area contributed by atoms with Crippen LogP contribution in [0, 0.1) is 0 Å². The number of guanidine groups is 2. The first-order valence-electron chi connectivity index (χ1n) is 4.29. The van der Waals surface area contributed by atoms with Gasteiger partial charge < -0.3 is 22.9 Å². The summed E-state index contributed by atoms with van der Waals surface area (Å²) in [4.78, 5) is 0. The third kappa shape index (κ3) is 20.0. The molecule has 0 fully saturated rings. The van der Waals surface area contributed by atoms with E-state index in [-0.39, 0.29) is 6.21 Å². The maximum absolute atomic E-state index is 12.2. The second-order valence-electron chi connectivity index (χ2n) is 2.73. The van der Waals surface area contributed by atoms with Gasteiger partial charge in [0.05, 0.1) is 6.21 Å². The topological polar surface area (TPSA) is 228 Å². The lowest BCUT2D eigenvalue weighted by atomic mass is 10.4. The Morgan fingerprint density at radius 2 is 1.33 bits per heavy atom. The average Bonchev–Trinajstić information content (AvgIpc) is 2.17. The summed E-state index contributed by atoms with van der Waals surface area (Å²) in [7, 11) is -4.67. The largest absolute Gasteiger partial charge is 0.436 e. The van der Waals surface area contributed by atoms with Gasteiger partial charge in [0, 0.05) is 0 Å². The Bertz CT molecular complexity index is 535. The number of rotatable bonds is 3. The zero-order valence-corrected chi connectivity index (χ0v) is 10.7. The molecule has 0 aliphatic rings. The van der Waals surface area contributed by atoms with Crippen LogP contribution in [0.3, 0.4) is 0 Å². The molecule has 0 radical (unpaired) electrons. The van der Waals surface area contributed by atoms with Crippen LogP contribution in [0.5, 0.6) is 0 Å². The van der Waals surface area contributed by atoms with Gasteiger partial charge >= 0.3 is 16.6 Å². The highest BCUT2D eigenvalue weighted by atomic mass is 32.3. The van der Waals surface area contributed by atoms with E-state index in [9.17, 15) is 13.2 Å². The van der Waals surface area contributed by atoms with E-state index < -0.39 is 34.2 Å². The predicted molar refractivity (Wildman–Crippen MR) is 67.8 cm³/mol. The van der Waals surface area contributed by atoms with Crippen molar-refractivity contribution in [2.24, 2.45) is 43.3 Å². The van der Waals surface area contributed by atoms with E-state index in [0.717, 1.165) is 0 Å². The second kappa shape index (κ2) is 8.66. The summed E-state index contributed by atoms with van der Waals surface area (Å²) < 4.78 is 68.2. The van der Waals surface area contributed by atoms with E-state index in [2.05, 4.69) is 20.4 Å². The summed E-state index contributed by atoms with van der Waals surface area (Å²) in [5.74, 6) is -1.13. The van der Waals surface area contributed by atoms with E-state index in [4.69, 9.17) is 40.5 Å². The van der Waals surface area contributed by atoms with Crippen LogP contribution in [0.4, 0.5) is 13.2 Å². The molecule has 0 aromatic heterocycles. The van der Waals surface area contributed by atoms with Gasteiger partial charge in [-0.3, -0.25) is 9.11 Å². The molecule has 0 saturated carbocycles. The van der Waals surface area contributed by atoms with Crippen molar-refractivity contribution in [1.82, 2.24) is 0 Å². The normalized spacial score (nSPS) is 12.3. The highest BCUT2D eigenvalue weighted by Gasteiger charge is 2.35. The minimum absolute atomic E-state index is 0.270. The zero-order valence-electron chi connectivity index (χ0n) is 9.93. The molecule has 0 aromatic rings. The number of nitrogens with two attached hydrogens (primary N) is 4. The summed E-state index contributed by atoms with van der Waals surface area (Å²) in [6.07, 6.45) is -4.51. The highest BCUT2D eigenvalue weighted by molar-refractivity contribution is 7.79. The molecule has 16 heteroatoms. The third-order valence-electron chi connectivity index (χ3n) is 0.917. The number of halogens is 3. The van der Waals surface area contributed by atoms with Crippen molar-refractivity contribution >= 4 is 34.2 Å². The molecule has 122 valence electrons. The Morgan fingerprint density at radius 1 is 0.952 bits per heavy atom. The van der Waals surface area contributed by atoms with Crippen molar-refractivity contribution in [3.63, 3.8) is 0 Å². The zero-order chi connectivity index (χ0) is 17.3. The minimum atomic E-state index is -4.78. The first-order valence-corrected chi connectivity index (χ1v) is 5.68. The van der Waals surface area contributed by atoms with E-state index >= 15 is 0 Å². The van der Waals surface area contributed by atoms with Crippen molar-refractivity contribution in [3.05, 3.63) is 0 Å². The van der Waals surface area contributed by atoms with Gasteiger partial charge in [0.2, 0.25) is 11.9 Å². The quantitative estimate of drug-likeness (QED) is 0.143. The molecule has 0 rings (SSSR count). The molecule has 0 spiro atoms. The summed E-state index contributed by atoms with van der Waals surface area (Å²) >= 11 is 0. The standard InChI is InChI=1S/C5H9F3N8.H2O4S/c6-5(7,8)2(14-16-4(11)12)1-13-15-3(9)10;1-5(2,3)4/h1H,(H4,9,10,15)(H4,11,12,16);(H2,1,2,3,4)/b13-1+,14-2+;. The van der Waals surface area contributed by atoms with Gasteiger partial charge in [-0.25, -0.2) is 0 Å². The predicted octanol–water partition coefficient (Wildman–Crippen LogP) is -2.22. The van der Waals surface area contributed by atoms with Gasteiger partial charge in [0.1, 0.15) is 0 Å². The monoisotopic (exact) mass is 336 g/mol. The van der Waals surface area contributed by atoms with Crippen molar-refractivity contribution in [2.75, 3.05) is 0 Å². The number of hydrogen-bond donors (Lipinski definition) is 6. The first-order chi connectivity index (χ1) is 9.23. The van der Waals surface area contributed by atoms with Gasteiger partial charge in [-0.1, -0.05) is 0 Å². The van der Waals surface area contributed by atoms with Crippen molar-refractivity contribution < 1.29 is 30.7 Å². The first kappa shape index (κ1) is 20.8. The Labute approximate surface area is 115 Å². The average molecular weight is 336 g/mol. The van der Waals surface area contributed by atoms with Crippen LogP contribution < -0.4 is 22.9 Å². The summed E-state index contributed by atoms with van der Waals surface area (Å²) in [5.41, 5.74) is 17.8. The fraction of sp³-hybridized carbons (Fsp3) is 0.200. The molecule has 12 nitrogen and oxygen atoms in total. The van der Waals surface area contributed by atoms with E-state index in [1.165, 1.54) is 0 Å². The lowest BCUT2D eigenvalue weighted by Gasteiger charge is -2.02. The van der Waals surface area contributed by atoms with Crippen LogP contribution in [0.1, 0.15) is 0 Å². The highest BCUT2D eigenvalue weighted by Crippen LogP contribution is 2.16. The van der Waals surface area contributed by atoms with Crippen LogP contribution in [-0.4, -0.2) is 47.5 Å². The molecule has 0 amide bonds. The lowest BCUT2D eigenvalue weighted by Crippen LogP contribution is -2.26. The molecular weight excluding hydrogens is 325 g/mol. The maximum atomic E-state index is 12.2. The molecule has 0 unspecified atom stereocenters. The second-order valence-corrected chi connectivity index (χ2v) is 3.62. The van der Waals surface area contributed by atoms with E-state index in [1.54, 1.807) is 0 Å². The number of hydrogen-bond acceptors (Lipinski definition) is 6. The third-order valence-corrected chi connectivity index (χ3v) is 0.917. The molecule has 0 bridgehead atoms. The molecule has 0 aliphatic heterocycles. The van der Waals surface area contributed by atoms with Crippen molar-refractivity contribution in [3.8, 4) is 0 Å². The maximum Gasteiger partial charge on any atom is 0.436 e. The Hall–Kier alpha value is -2.46. The Morgan fingerprint density at radius 3 is 1.62 bits per heavy atom. The number of nitrogens with zero attached hydrogens (tertiary/aromatic N) is 4. The summed E-state index contributed by atoms with van der Waals surface area (Å²) in [5, 5.41) is 11.4. The molecule has 0 atom stereocenters. The van der Waals surface area contributed by atoms with Gasteiger partial charge in [0.25, 0.3) is 0 Å². The minimum Gasteiger partial charge on any atom is -0.369 e. The smallest absolute Gasteiger partial charge is 0.369 e. The van der Waals surface area contributed by atoms with Gasteiger partial charge in [-0.05, 0) is 0 Å². The molecular formula is C5H11F3N8O4S. The van der Waals surface area contributed by atoms with Gasteiger partial charge in [-0.2, -0.15) is 26.7 Å². The molecule has 0 heterocycles. The Kier molecular flexibility index (Phi) is 8.60. The fourth-order valence-electron chi connectivity index (χ4n) is 0.418. The lowest BCUT2D eigenvalue weighted by molar-refractivity contribution is -0.0566. The van der Waals surface area contributed by atoms with Crippen molar-refractivity contribution in [2.45, 2.75) is 6.18 Å². The van der Waals surface area contributed by atoms with E-state index in [1.807, 2.05) is 0 Å². The summed E-state index contributed by atoms with van der Waals surface area (Å²) in [6, 6.07) is 0. The summed E-state index contributed by atoms with van der Waals surface area (Å²) in [6.45, 7) is 0. The molecule has 10 N–H and O–H groups in total. The molecule has 0 aromatic carbocycles. The van der Waals surface area contributed by atoms with Crippen molar-refractivity contribution in [1.29, 1.82) is 0 Å². The van der Waals surface area contributed by atoms with Crippen LogP contribution in [0.2, 0.25) is 0 Å². The van der Waals surface area contributed by atoms with Crippen LogP contribution in [-0.2, 0) is 10.4 Å². The van der Waals surface area contributed by atoms with Crippen LogP contribution >= 0.6 is 0 Å². The van der Waals surface area contributed by atoms with Crippen LogP contribution in [0.15, 0.2) is 20.4 Å². The molecule has 0 aliphatic carbocycles. The fourth-order valence-corrected chi connectivity index (χ4v) is 0.418. The SMILES string of the molecule is NC(N)=N/N=C/C(=N\N=C(N)N)C(F)(F)F.O=S(=O)(O)O. The number of alkyl halides is 3. The Balaban J connectivity index is 0. The van der Waals surface area contributed by atoms with Gasteiger partial charge in [-0.15, -0.1) is 15.3 Å². The van der Waals surface area contributed by atoms with Crippen LogP contribution in [0.25, 0.3) is 0 Å². The molecule has 21 heavy (non-hydrogen) atoms. The van der Waals surface area contributed by atoms with Gasteiger partial charge in [0.15, 0.2) is 5.71 Å². The van der Waals surface area contributed by atoms with E-state index in [0.29, 0.717) is 0 Å². The molecule has 0 saturated heterocycles.